The predicted octanol–water partition coefficient (Wildman–Crippen LogP) is 3.40. The second-order valence-corrected chi connectivity index (χ2v) is 7.49. The highest BCUT2D eigenvalue weighted by atomic mass is 19.1. The third kappa shape index (κ3) is 4.54. The Hall–Kier alpha value is -3.13. The Balaban J connectivity index is 2.00. The van der Waals surface area contributed by atoms with E-state index in [1.165, 1.54) is 18.3 Å². The Morgan fingerprint density at radius 1 is 1.23 bits per heavy atom. The molecule has 0 fully saturated rings. The van der Waals surface area contributed by atoms with Crippen molar-refractivity contribution in [2.24, 2.45) is 0 Å². The van der Waals surface area contributed by atoms with Gasteiger partial charge < -0.3 is 10.4 Å². The van der Waals surface area contributed by atoms with E-state index in [-0.39, 0.29) is 24.2 Å². The van der Waals surface area contributed by atoms with Crippen LogP contribution in [0.1, 0.15) is 54.7 Å². The Morgan fingerprint density at radius 2 is 1.93 bits per heavy atom. The van der Waals surface area contributed by atoms with Gasteiger partial charge in [-0.3, -0.25) is 4.79 Å². The molecule has 0 aliphatic rings. The summed E-state index contributed by atoms with van der Waals surface area (Å²) in [6.45, 7) is 7.82. The van der Waals surface area contributed by atoms with Crippen LogP contribution in [0.15, 0.2) is 36.7 Å². The van der Waals surface area contributed by atoms with Crippen LogP contribution in [0.5, 0.6) is 0 Å². The molecule has 1 atom stereocenters. The van der Waals surface area contributed by atoms with Crippen molar-refractivity contribution in [1.82, 2.24) is 25.1 Å². The summed E-state index contributed by atoms with van der Waals surface area (Å²) in [5, 5.41) is 16.8. The van der Waals surface area contributed by atoms with Crippen molar-refractivity contribution in [3.05, 3.63) is 59.3 Å². The van der Waals surface area contributed by atoms with E-state index in [0.29, 0.717) is 29.3 Å². The number of hydrogen-bond donors (Lipinski definition) is 2. The first-order valence-corrected chi connectivity index (χ1v) is 9.95. The molecule has 2 heterocycles. The Bertz CT molecular complexity index is 1030. The standard InChI is InChI=1S/C22H26FN5O2/c1-5-17(29)11-24-21(30)18-12-26-28(20(18)13(2)3)22-25-10-14(4)19(27-22)15-6-8-16(23)9-7-15/h6-10,12-13,17,29H,5,11H2,1-4H3,(H,24,30)/t17-/m0/s1. The Morgan fingerprint density at radius 3 is 2.57 bits per heavy atom. The number of aryl methyl sites for hydroxylation is 1. The summed E-state index contributed by atoms with van der Waals surface area (Å²) < 4.78 is 14.9. The molecule has 0 bridgehead atoms. The molecule has 2 aromatic heterocycles. The van der Waals surface area contributed by atoms with Crippen molar-refractivity contribution in [2.75, 3.05) is 6.54 Å². The minimum Gasteiger partial charge on any atom is -0.391 e. The molecule has 30 heavy (non-hydrogen) atoms. The van der Waals surface area contributed by atoms with E-state index in [9.17, 15) is 14.3 Å². The first kappa shape index (κ1) is 21.6. The highest BCUT2D eigenvalue weighted by molar-refractivity contribution is 5.95. The van der Waals surface area contributed by atoms with Crippen LogP contribution < -0.4 is 5.32 Å². The fourth-order valence-corrected chi connectivity index (χ4v) is 3.13. The lowest BCUT2D eigenvalue weighted by molar-refractivity contribution is 0.0912. The molecular formula is C22H26FN5O2. The highest BCUT2D eigenvalue weighted by Crippen LogP contribution is 2.25. The zero-order valence-corrected chi connectivity index (χ0v) is 17.6. The van der Waals surface area contributed by atoms with Crippen molar-refractivity contribution in [2.45, 2.75) is 46.1 Å². The quantitative estimate of drug-likeness (QED) is 0.622. The zero-order valence-electron chi connectivity index (χ0n) is 17.6. The molecule has 7 nitrogen and oxygen atoms in total. The number of halogens is 1. The monoisotopic (exact) mass is 411 g/mol. The van der Waals surface area contributed by atoms with Gasteiger partial charge in [-0.15, -0.1) is 0 Å². The molecule has 0 unspecified atom stereocenters. The molecule has 0 radical (unpaired) electrons. The van der Waals surface area contributed by atoms with E-state index in [1.54, 1.807) is 23.0 Å². The molecule has 3 rings (SSSR count). The van der Waals surface area contributed by atoms with Crippen LogP contribution in [-0.4, -0.2) is 43.4 Å². The molecule has 2 N–H and O–H groups in total. The molecule has 0 saturated heterocycles. The lowest BCUT2D eigenvalue weighted by Crippen LogP contribution is -2.32. The number of carbonyl (C=O) groups is 1. The lowest BCUT2D eigenvalue weighted by atomic mass is 10.1. The largest absolute Gasteiger partial charge is 0.391 e. The third-order valence-electron chi connectivity index (χ3n) is 4.83. The maximum Gasteiger partial charge on any atom is 0.254 e. The highest BCUT2D eigenvalue weighted by Gasteiger charge is 2.23. The number of carbonyl (C=O) groups excluding carboxylic acids is 1. The summed E-state index contributed by atoms with van der Waals surface area (Å²) in [6, 6.07) is 6.10. The normalized spacial score (nSPS) is 12.2. The molecule has 3 aromatic rings. The number of aromatic nitrogens is 4. The Labute approximate surface area is 175 Å². The SMILES string of the molecule is CC[C@H](O)CNC(=O)c1cnn(-c2ncc(C)c(-c3ccc(F)cc3)n2)c1C(C)C. The van der Waals surface area contributed by atoms with Crippen LogP contribution >= 0.6 is 0 Å². The van der Waals surface area contributed by atoms with Crippen molar-refractivity contribution in [3.8, 4) is 17.2 Å². The molecule has 8 heteroatoms. The molecule has 0 spiro atoms. The summed E-state index contributed by atoms with van der Waals surface area (Å²) in [5.74, 6) is -0.313. The summed E-state index contributed by atoms with van der Waals surface area (Å²) in [6.07, 6.45) is 3.14. The molecule has 158 valence electrons. The number of nitrogens with zero attached hydrogens (tertiary/aromatic N) is 4. The topological polar surface area (TPSA) is 92.9 Å². The second-order valence-electron chi connectivity index (χ2n) is 7.49. The predicted molar refractivity (Wildman–Crippen MR) is 112 cm³/mol. The summed E-state index contributed by atoms with van der Waals surface area (Å²) >= 11 is 0. The molecule has 1 amide bonds. The van der Waals surface area contributed by atoms with Crippen molar-refractivity contribution in [3.63, 3.8) is 0 Å². The van der Waals surface area contributed by atoms with Crippen molar-refractivity contribution < 1.29 is 14.3 Å². The van der Waals surface area contributed by atoms with Gasteiger partial charge in [0.2, 0.25) is 0 Å². The van der Waals surface area contributed by atoms with Gasteiger partial charge in [-0.1, -0.05) is 20.8 Å². The maximum absolute atomic E-state index is 13.3. The average Bonchev–Trinajstić information content (AvgIpc) is 3.18. The van der Waals surface area contributed by atoms with Gasteiger partial charge in [0.25, 0.3) is 11.9 Å². The van der Waals surface area contributed by atoms with E-state index in [4.69, 9.17) is 0 Å². The van der Waals surface area contributed by atoms with Crippen LogP contribution in [0.25, 0.3) is 17.2 Å². The maximum atomic E-state index is 13.3. The van der Waals surface area contributed by atoms with Gasteiger partial charge in [-0.05, 0) is 49.1 Å². The van der Waals surface area contributed by atoms with Crippen LogP contribution in [0.4, 0.5) is 4.39 Å². The fraction of sp³-hybridized carbons (Fsp3) is 0.364. The van der Waals surface area contributed by atoms with Gasteiger partial charge in [0.05, 0.1) is 29.3 Å². The van der Waals surface area contributed by atoms with Crippen molar-refractivity contribution >= 4 is 5.91 Å². The van der Waals surface area contributed by atoms with Crippen molar-refractivity contribution in [1.29, 1.82) is 0 Å². The minimum atomic E-state index is -0.592. The van der Waals surface area contributed by atoms with Gasteiger partial charge in [-0.25, -0.2) is 19.0 Å². The number of nitrogens with one attached hydrogen (secondary N) is 1. The minimum absolute atomic E-state index is 0.0245. The van der Waals surface area contributed by atoms with Gasteiger partial charge in [0.1, 0.15) is 5.82 Å². The molecule has 1 aromatic carbocycles. The number of aliphatic hydroxyl groups excluding tert-OH is 1. The number of rotatable bonds is 7. The molecular weight excluding hydrogens is 385 g/mol. The van der Waals surface area contributed by atoms with Crippen LogP contribution in [0, 0.1) is 12.7 Å². The van der Waals surface area contributed by atoms with Gasteiger partial charge >= 0.3 is 0 Å². The van der Waals surface area contributed by atoms with Gasteiger partial charge in [0, 0.05) is 18.3 Å². The number of benzene rings is 1. The van der Waals surface area contributed by atoms with E-state index >= 15 is 0 Å². The zero-order chi connectivity index (χ0) is 21.8. The Kier molecular flexibility index (Phi) is 6.56. The van der Waals surface area contributed by atoms with Crippen LogP contribution in [0.2, 0.25) is 0 Å². The first-order chi connectivity index (χ1) is 14.3. The first-order valence-electron chi connectivity index (χ1n) is 9.95. The number of aliphatic hydroxyl groups is 1. The van der Waals surface area contributed by atoms with Crippen LogP contribution in [0.3, 0.4) is 0 Å². The average molecular weight is 411 g/mol. The molecule has 0 aliphatic carbocycles. The number of amides is 1. The lowest BCUT2D eigenvalue weighted by Gasteiger charge is -2.14. The van der Waals surface area contributed by atoms with E-state index in [0.717, 1.165) is 11.1 Å². The van der Waals surface area contributed by atoms with Gasteiger partial charge in [-0.2, -0.15) is 5.10 Å². The summed E-state index contributed by atoms with van der Waals surface area (Å²) in [7, 11) is 0. The van der Waals surface area contributed by atoms with E-state index < -0.39 is 6.10 Å². The molecule has 0 aliphatic heterocycles. The number of hydrogen-bond acceptors (Lipinski definition) is 5. The van der Waals surface area contributed by atoms with E-state index in [1.807, 2.05) is 27.7 Å². The van der Waals surface area contributed by atoms with Crippen LogP contribution in [-0.2, 0) is 0 Å². The fourth-order valence-electron chi connectivity index (χ4n) is 3.13. The van der Waals surface area contributed by atoms with Gasteiger partial charge in [0.15, 0.2) is 0 Å². The van der Waals surface area contributed by atoms with E-state index in [2.05, 4.69) is 20.4 Å². The second kappa shape index (κ2) is 9.13. The third-order valence-corrected chi connectivity index (χ3v) is 4.83. The summed E-state index contributed by atoms with van der Waals surface area (Å²) in [4.78, 5) is 21.7. The summed E-state index contributed by atoms with van der Waals surface area (Å²) in [5.41, 5.74) is 3.37. The smallest absolute Gasteiger partial charge is 0.254 e. The molecule has 0 saturated carbocycles.